The Bertz CT molecular complexity index is 1370. The molecule has 40 heavy (non-hydrogen) atoms. The van der Waals surface area contributed by atoms with E-state index in [2.05, 4.69) is 13.0 Å². The van der Waals surface area contributed by atoms with Gasteiger partial charge in [-0.05, 0) is 117 Å². The van der Waals surface area contributed by atoms with Gasteiger partial charge in [-0.25, -0.2) is 13.6 Å². The number of carbonyl (C=O) groups excluding carboxylic acids is 2. The van der Waals surface area contributed by atoms with E-state index < -0.39 is 10.0 Å². The Morgan fingerprint density at radius 3 is 2.55 bits per heavy atom. The first kappa shape index (κ1) is 28.6. The van der Waals surface area contributed by atoms with Crippen molar-refractivity contribution in [3.63, 3.8) is 0 Å². The molecule has 8 nitrogen and oxygen atoms in total. The van der Waals surface area contributed by atoms with Crippen molar-refractivity contribution >= 4 is 21.9 Å². The molecule has 3 aliphatic carbocycles. The standard InChI is InChI=1S/C31H40N2O6S/c1-31-17-16-25-24-13-9-22(34)19-21(24)8-12-26(25)27(31)14-15-28(31)39-29(35)5-3-4-18-33(2)30(36)20-6-10-23(11-7-20)40(32,37)38/h6-7,9-11,13,19,25-28,34H,3-5,8,12,14-18H2,1-2H3,(H2,32,37,38). The molecule has 9 heteroatoms. The van der Waals surface area contributed by atoms with Gasteiger partial charge < -0.3 is 14.7 Å². The number of phenolic OH excluding ortho intramolecular Hbond substituents is 1. The van der Waals surface area contributed by atoms with Crippen molar-refractivity contribution in [3.8, 4) is 5.75 Å². The number of aryl methyl sites for hydroxylation is 1. The molecule has 2 fully saturated rings. The number of aromatic hydroxyl groups is 1. The molecule has 5 rings (SSSR count). The second kappa shape index (κ2) is 11.2. The number of phenols is 1. The molecule has 2 saturated carbocycles. The van der Waals surface area contributed by atoms with Crippen molar-refractivity contribution in [3.05, 3.63) is 59.2 Å². The lowest BCUT2D eigenvalue weighted by molar-refractivity contribution is -0.157. The maximum Gasteiger partial charge on any atom is 0.306 e. The molecular weight excluding hydrogens is 528 g/mol. The number of primary sulfonamides is 1. The minimum absolute atomic E-state index is 0.0106. The van der Waals surface area contributed by atoms with E-state index >= 15 is 0 Å². The van der Waals surface area contributed by atoms with Crippen LogP contribution in [0.4, 0.5) is 0 Å². The van der Waals surface area contributed by atoms with Gasteiger partial charge in [-0.2, -0.15) is 0 Å². The van der Waals surface area contributed by atoms with Crippen molar-refractivity contribution < 1.29 is 27.9 Å². The summed E-state index contributed by atoms with van der Waals surface area (Å²) in [7, 11) is -2.11. The molecule has 0 saturated heterocycles. The van der Waals surface area contributed by atoms with Crippen LogP contribution < -0.4 is 5.14 Å². The highest BCUT2D eigenvalue weighted by Crippen LogP contribution is 2.61. The van der Waals surface area contributed by atoms with E-state index in [4.69, 9.17) is 9.88 Å². The van der Waals surface area contributed by atoms with Crippen molar-refractivity contribution in [2.75, 3.05) is 13.6 Å². The number of rotatable bonds is 8. The van der Waals surface area contributed by atoms with Gasteiger partial charge in [0.05, 0.1) is 4.90 Å². The van der Waals surface area contributed by atoms with Gasteiger partial charge in [-0.1, -0.05) is 13.0 Å². The molecule has 5 atom stereocenters. The Morgan fingerprint density at radius 1 is 1.07 bits per heavy atom. The molecule has 2 aromatic rings. The number of nitrogens with two attached hydrogens (primary N) is 1. The van der Waals surface area contributed by atoms with Gasteiger partial charge in [-0.15, -0.1) is 0 Å². The number of ether oxygens (including phenoxy) is 1. The highest BCUT2D eigenvalue weighted by atomic mass is 32.2. The van der Waals surface area contributed by atoms with Crippen LogP contribution in [0.2, 0.25) is 0 Å². The average molecular weight is 569 g/mol. The highest BCUT2D eigenvalue weighted by Gasteiger charge is 2.56. The van der Waals surface area contributed by atoms with Crippen LogP contribution in [0.25, 0.3) is 0 Å². The van der Waals surface area contributed by atoms with E-state index in [0.29, 0.717) is 54.9 Å². The van der Waals surface area contributed by atoms with Crippen LogP contribution in [0.1, 0.15) is 85.7 Å². The first-order chi connectivity index (χ1) is 19.0. The zero-order valence-corrected chi connectivity index (χ0v) is 24.2. The fourth-order valence-corrected chi connectivity index (χ4v) is 8.17. The Balaban J connectivity index is 1.09. The smallest absolute Gasteiger partial charge is 0.306 e. The normalized spacial score (nSPS) is 27.3. The van der Waals surface area contributed by atoms with E-state index in [1.54, 1.807) is 11.9 Å². The molecule has 0 radical (unpaired) electrons. The fraction of sp³-hybridized carbons (Fsp3) is 0.548. The summed E-state index contributed by atoms with van der Waals surface area (Å²) in [5.41, 5.74) is 3.09. The topological polar surface area (TPSA) is 127 Å². The first-order valence-corrected chi connectivity index (χ1v) is 15.9. The van der Waals surface area contributed by atoms with Gasteiger partial charge in [0.2, 0.25) is 10.0 Å². The minimum Gasteiger partial charge on any atom is -0.508 e. The summed E-state index contributed by atoms with van der Waals surface area (Å²) in [5.74, 6) is 1.65. The summed E-state index contributed by atoms with van der Waals surface area (Å²) < 4.78 is 28.9. The Labute approximate surface area is 236 Å². The van der Waals surface area contributed by atoms with Crippen molar-refractivity contribution in [1.29, 1.82) is 0 Å². The molecule has 216 valence electrons. The van der Waals surface area contributed by atoms with Crippen LogP contribution in [0.5, 0.6) is 5.75 Å². The third kappa shape index (κ3) is 5.63. The van der Waals surface area contributed by atoms with E-state index in [-0.39, 0.29) is 28.3 Å². The number of sulfonamides is 1. The van der Waals surface area contributed by atoms with E-state index in [9.17, 15) is 23.1 Å². The number of fused-ring (bicyclic) bond motifs is 5. The maximum atomic E-state index is 12.8. The van der Waals surface area contributed by atoms with Crippen molar-refractivity contribution in [2.24, 2.45) is 22.4 Å². The summed E-state index contributed by atoms with van der Waals surface area (Å²) >= 11 is 0. The predicted octanol–water partition coefficient (Wildman–Crippen LogP) is 4.75. The fourth-order valence-electron chi connectivity index (χ4n) is 7.66. The minimum atomic E-state index is -3.80. The molecule has 0 bridgehead atoms. The van der Waals surface area contributed by atoms with Gasteiger partial charge in [-0.3, -0.25) is 9.59 Å². The van der Waals surface area contributed by atoms with E-state index in [1.807, 2.05) is 12.1 Å². The van der Waals surface area contributed by atoms with Crippen LogP contribution in [0.15, 0.2) is 47.4 Å². The van der Waals surface area contributed by atoms with Crippen LogP contribution in [0.3, 0.4) is 0 Å². The molecule has 0 aliphatic heterocycles. The average Bonchev–Trinajstić information content (AvgIpc) is 3.25. The van der Waals surface area contributed by atoms with Gasteiger partial charge in [0.15, 0.2) is 0 Å². The number of hydrogen-bond acceptors (Lipinski definition) is 6. The number of esters is 1. The van der Waals surface area contributed by atoms with Gasteiger partial charge >= 0.3 is 5.97 Å². The quantitative estimate of drug-likeness (QED) is 0.350. The van der Waals surface area contributed by atoms with Gasteiger partial charge in [0.25, 0.3) is 5.91 Å². The van der Waals surface area contributed by atoms with Crippen molar-refractivity contribution in [1.82, 2.24) is 4.90 Å². The number of nitrogens with zero attached hydrogens (tertiary/aromatic N) is 1. The Kier molecular flexibility index (Phi) is 7.99. The zero-order chi connectivity index (χ0) is 28.7. The molecule has 2 aromatic carbocycles. The molecule has 1 amide bonds. The lowest BCUT2D eigenvalue weighted by atomic mass is 9.55. The molecule has 3 aliphatic rings. The number of amides is 1. The second-order valence-electron chi connectivity index (χ2n) is 12.2. The highest BCUT2D eigenvalue weighted by molar-refractivity contribution is 7.89. The number of hydrogen-bond donors (Lipinski definition) is 2. The summed E-state index contributed by atoms with van der Waals surface area (Å²) in [6, 6.07) is 11.4. The summed E-state index contributed by atoms with van der Waals surface area (Å²) in [4.78, 5) is 27.0. The Morgan fingerprint density at radius 2 is 1.82 bits per heavy atom. The number of benzene rings is 2. The van der Waals surface area contributed by atoms with Gasteiger partial charge in [0, 0.05) is 31.0 Å². The number of unbranched alkanes of at least 4 members (excludes halogenated alkanes) is 1. The van der Waals surface area contributed by atoms with Crippen LogP contribution in [-0.2, 0) is 26.0 Å². The largest absolute Gasteiger partial charge is 0.508 e. The summed E-state index contributed by atoms with van der Waals surface area (Å²) in [5, 5.41) is 15.0. The third-order valence-corrected chi connectivity index (χ3v) is 10.7. The maximum absolute atomic E-state index is 12.8. The van der Waals surface area contributed by atoms with Crippen LogP contribution >= 0.6 is 0 Å². The van der Waals surface area contributed by atoms with Gasteiger partial charge in [0.1, 0.15) is 11.9 Å². The van der Waals surface area contributed by atoms with Crippen molar-refractivity contribution in [2.45, 2.75) is 81.6 Å². The molecule has 0 spiro atoms. The third-order valence-electron chi connectivity index (χ3n) is 9.80. The molecule has 5 unspecified atom stereocenters. The van der Waals surface area contributed by atoms with E-state index in [1.165, 1.54) is 35.4 Å². The molecule has 3 N–H and O–H groups in total. The monoisotopic (exact) mass is 568 g/mol. The predicted molar refractivity (Wildman–Crippen MR) is 151 cm³/mol. The first-order valence-electron chi connectivity index (χ1n) is 14.4. The van der Waals surface area contributed by atoms with Crippen LogP contribution in [0, 0.1) is 17.3 Å². The zero-order valence-electron chi connectivity index (χ0n) is 23.3. The summed E-state index contributed by atoms with van der Waals surface area (Å²) in [6.07, 6.45) is 7.84. The molecule has 0 heterocycles. The lowest BCUT2D eigenvalue weighted by Gasteiger charge is -2.50. The Hall–Kier alpha value is -2.91. The molecule has 0 aromatic heterocycles. The second-order valence-corrected chi connectivity index (χ2v) is 13.7. The SMILES string of the molecule is CN(CCCCC(=O)OC1CCC2C3CCc4cc(O)ccc4C3CCC12C)C(=O)c1ccc(S(N)(=O)=O)cc1. The van der Waals surface area contributed by atoms with Crippen LogP contribution in [-0.4, -0.2) is 50.0 Å². The number of carbonyl (C=O) groups is 2. The summed E-state index contributed by atoms with van der Waals surface area (Å²) in [6.45, 7) is 2.80. The lowest BCUT2D eigenvalue weighted by Crippen LogP contribution is -2.45. The molecular formula is C31H40N2O6S. The van der Waals surface area contributed by atoms with E-state index in [0.717, 1.165) is 38.5 Å².